The molecule has 38 heavy (non-hydrogen) atoms. The first-order valence-corrected chi connectivity index (χ1v) is 12.5. The first-order valence-electron chi connectivity index (χ1n) is 12.5. The third-order valence-corrected chi connectivity index (χ3v) is 6.68. The van der Waals surface area contributed by atoms with E-state index in [1.807, 2.05) is 26.0 Å². The van der Waals surface area contributed by atoms with E-state index in [1.165, 1.54) is 4.90 Å². The quantitative estimate of drug-likeness (QED) is 0.341. The third kappa shape index (κ3) is 5.80. The number of amides is 3. The molecule has 1 aliphatic rings. The van der Waals surface area contributed by atoms with Gasteiger partial charge in [-0.1, -0.05) is 38.1 Å². The van der Waals surface area contributed by atoms with E-state index in [2.05, 4.69) is 15.6 Å². The largest absolute Gasteiger partial charge is 0.496 e. The van der Waals surface area contributed by atoms with Crippen LogP contribution in [0, 0.1) is 11.8 Å². The van der Waals surface area contributed by atoms with Gasteiger partial charge in [-0.2, -0.15) is 0 Å². The van der Waals surface area contributed by atoms with Crippen molar-refractivity contribution < 1.29 is 29.0 Å². The maximum atomic E-state index is 13.6. The van der Waals surface area contributed by atoms with Crippen molar-refractivity contribution in [1.29, 1.82) is 0 Å². The summed E-state index contributed by atoms with van der Waals surface area (Å²) in [5, 5.41) is 16.1. The minimum absolute atomic E-state index is 0.0100. The lowest BCUT2D eigenvalue weighted by Crippen LogP contribution is -2.52. The van der Waals surface area contributed by atoms with Crippen LogP contribution in [0.1, 0.15) is 37.2 Å². The van der Waals surface area contributed by atoms with E-state index in [0.717, 1.165) is 5.39 Å². The van der Waals surface area contributed by atoms with Crippen LogP contribution in [-0.2, 0) is 14.4 Å². The van der Waals surface area contributed by atoms with Crippen molar-refractivity contribution in [2.45, 2.75) is 38.8 Å². The number of carboxylic acid groups (broad SMARTS) is 1. The standard InChI is InChI=1S/C28H32N4O6/c1-16(2)12-22(31-26(34)21-14-19-20(30-21)10-7-11-24(19)38-3)27(35)32-15-17(13-23(32)28(36)37)25(33)29-18-8-5-4-6-9-18/h4-11,14,16-17,22-23,30H,12-13,15H2,1-3H3,(H,29,33)(H,31,34)(H,36,37). The number of H-pyrrole nitrogens is 1. The highest BCUT2D eigenvalue weighted by Crippen LogP contribution is 2.28. The van der Waals surface area contributed by atoms with Gasteiger partial charge < -0.3 is 30.4 Å². The number of carboxylic acids is 1. The molecular formula is C28H32N4O6. The van der Waals surface area contributed by atoms with Gasteiger partial charge in [0.05, 0.1) is 13.0 Å². The number of carbonyl (C=O) groups is 4. The van der Waals surface area contributed by atoms with Crippen LogP contribution < -0.4 is 15.4 Å². The summed E-state index contributed by atoms with van der Waals surface area (Å²) in [5.41, 5.74) is 1.55. The molecule has 2 aromatic carbocycles. The highest BCUT2D eigenvalue weighted by molar-refractivity contribution is 6.02. The van der Waals surface area contributed by atoms with Gasteiger partial charge in [0, 0.05) is 23.1 Å². The molecule has 4 rings (SSSR count). The van der Waals surface area contributed by atoms with Crippen LogP contribution in [0.15, 0.2) is 54.6 Å². The van der Waals surface area contributed by atoms with E-state index in [9.17, 15) is 24.3 Å². The van der Waals surface area contributed by atoms with Crippen molar-refractivity contribution in [3.63, 3.8) is 0 Å². The van der Waals surface area contributed by atoms with Gasteiger partial charge in [-0.15, -0.1) is 0 Å². The third-order valence-electron chi connectivity index (χ3n) is 6.68. The molecule has 200 valence electrons. The summed E-state index contributed by atoms with van der Waals surface area (Å²) in [6.07, 6.45) is 0.293. The van der Waals surface area contributed by atoms with Crippen LogP contribution in [0.25, 0.3) is 10.9 Å². The number of nitrogens with one attached hydrogen (secondary N) is 3. The molecule has 2 heterocycles. The van der Waals surface area contributed by atoms with Gasteiger partial charge in [0.1, 0.15) is 23.5 Å². The number of benzene rings is 2. The minimum Gasteiger partial charge on any atom is -0.496 e. The zero-order valence-corrected chi connectivity index (χ0v) is 21.6. The minimum atomic E-state index is -1.19. The predicted molar refractivity (Wildman–Crippen MR) is 142 cm³/mol. The monoisotopic (exact) mass is 520 g/mol. The lowest BCUT2D eigenvalue weighted by atomic mass is 10.0. The maximum absolute atomic E-state index is 13.6. The number of nitrogens with zero attached hydrogens (tertiary/aromatic N) is 1. The molecule has 1 fully saturated rings. The molecular weight excluding hydrogens is 488 g/mol. The van der Waals surface area contributed by atoms with Crippen LogP contribution in [0.2, 0.25) is 0 Å². The van der Waals surface area contributed by atoms with Crippen LogP contribution in [0.5, 0.6) is 5.75 Å². The second-order valence-corrected chi connectivity index (χ2v) is 9.89. The number of aromatic nitrogens is 1. The Morgan fingerprint density at radius 3 is 2.50 bits per heavy atom. The number of hydrogen-bond donors (Lipinski definition) is 4. The maximum Gasteiger partial charge on any atom is 0.326 e. The zero-order valence-electron chi connectivity index (χ0n) is 21.6. The van der Waals surface area contributed by atoms with Gasteiger partial charge >= 0.3 is 5.97 Å². The fourth-order valence-electron chi connectivity index (χ4n) is 4.83. The van der Waals surface area contributed by atoms with Crippen LogP contribution >= 0.6 is 0 Å². The molecule has 1 aromatic heterocycles. The Morgan fingerprint density at radius 1 is 1.11 bits per heavy atom. The van der Waals surface area contributed by atoms with Crippen molar-refractivity contribution in [2.24, 2.45) is 11.8 Å². The van der Waals surface area contributed by atoms with E-state index in [1.54, 1.807) is 49.6 Å². The van der Waals surface area contributed by atoms with Crippen molar-refractivity contribution in [1.82, 2.24) is 15.2 Å². The summed E-state index contributed by atoms with van der Waals surface area (Å²) in [4.78, 5) is 56.0. The van der Waals surface area contributed by atoms with Crippen molar-refractivity contribution in [3.8, 4) is 5.75 Å². The second kappa shape index (κ2) is 11.4. The molecule has 1 saturated heterocycles. The zero-order chi connectivity index (χ0) is 27.4. The summed E-state index contributed by atoms with van der Waals surface area (Å²) >= 11 is 0. The van der Waals surface area contributed by atoms with E-state index < -0.39 is 35.8 Å². The normalized spacial score (nSPS) is 17.8. The van der Waals surface area contributed by atoms with E-state index >= 15 is 0 Å². The highest BCUT2D eigenvalue weighted by Gasteiger charge is 2.44. The lowest BCUT2D eigenvalue weighted by Gasteiger charge is -2.28. The first kappa shape index (κ1) is 26.7. The Kier molecular flexibility index (Phi) is 7.99. The van der Waals surface area contributed by atoms with E-state index in [4.69, 9.17) is 4.74 Å². The van der Waals surface area contributed by atoms with E-state index in [-0.39, 0.29) is 30.5 Å². The Balaban J connectivity index is 1.52. The highest BCUT2D eigenvalue weighted by atomic mass is 16.5. The molecule has 10 nitrogen and oxygen atoms in total. The lowest BCUT2D eigenvalue weighted by molar-refractivity contribution is -0.149. The topological polar surface area (TPSA) is 141 Å². The van der Waals surface area contributed by atoms with Gasteiger partial charge in [-0.05, 0) is 49.1 Å². The molecule has 1 aliphatic heterocycles. The number of ether oxygens (including phenoxy) is 1. The molecule has 0 radical (unpaired) electrons. The number of likely N-dealkylation sites (tertiary alicyclic amines) is 1. The molecule has 0 aliphatic carbocycles. The number of para-hydroxylation sites is 1. The molecule has 10 heteroatoms. The van der Waals surface area contributed by atoms with Gasteiger partial charge in [0.2, 0.25) is 11.8 Å². The number of aromatic amines is 1. The summed E-state index contributed by atoms with van der Waals surface area (Å²) < 4.78 is 5.36. The number of hydrogen-bond acceptors (Lipinski definition) is 5. The van der Waals surface area contributed by atoms with Crippen LogP contribution in [0.3, 0.4) is 0 Å². The average Bonchev–Trinajstić information content (AvgIpc) is 3.53. The van der Waals surface area contributed by atoms with Gasteiger partial charge in [-0.25, -0.2) is 4.79 Å². The van der Waals surface area contributed by atoms with Crippen molar-refractivity contribution >= 4 is 40.3 Å². The Labute approximate surface area is 220 Å². The van der Waals surface area contributed by atoms with Crippen molar-refractivity contribution in [2.75, 3.05) is 19.0 Å². The van der Waals surface area contributed by atoms with E-state index in [0.29, 0.717) is 23.4 Å². The van der Waals surface area contributed by atoms with Gasteiger partial charge in [0.15, 0.2) is 0 Å². The fourth-order valence-corrected chi connectivity index (χ4v) is 4.83. The summed E-state index contributed by atoms with van der Waals surface area (Å²) in [6, 6.07) is 13.8. The van der Waals surface area contributed by atoms with Gasteiger partial charge in [0.25, 0.3) is 5.91 Å². The molecule has 3 unspecified atom stereocenters. The number of anilines is 1. The molecule has 4 N–H and O–H groups in total. The molecule has 0 spiro atoms. The number of aliphatic carboxylic acids is 1. The SMILES string of the molecule is COc1cccc2[nH]c(C(=O)NC(CC(C)C)C(=O)N3CC(C(=O)Nc4ccccc4)CC3C(=O)O)cc12. The number of carbonyl (C=O) groups excluding carboxylic acids is 3. The number of rotatable bonds is 9. The Morgan fingerprint density at radius 2 is 1.84 bits per heavy atom. The average molecular weight is 521 g/mol. The molecule has 3 atom stereocenters. The van der Waals surface area contributed by atoms with Crippen molar-refractivity contribution in [3.05, 3.63) is 60.3 Å². The molecule has 0 bridgehead atoms. The first-order chi connectivity index (χ1) is 18.2. The Hall–Kier alpha value is -4.34. The summed E-state index contributed by atoms with van der Waals surface area (Å²) in [5.74, 6) is -2.62. The molecule has 3 amide bonds. The fraction of sp³-hybridized carbons (Fsp3) is 0.357. The van der Waals surface area contributed by atoms with Gasteiger partial charge in [-0.3, -0.25) is 14.4 Å². The summed E-state index contributed by atoms with van der Waals surface area (Å²) in [7, 11) is 1.54. The number of methoxy groups -OCH3 is 1. The predicted octanol–water partition coefficient (Wildman–Crippen LogP) is 3.26. The summed E-state index contributed by atoms with van der Waals surface area (Å²) in [6.45, 7) is 3.77. The van der Waals surface area contributed by atoms with Crippen LogP contribution in [-0.4, -0.2) is 64.4 Å². The van der Waals surface area contributed by atoms with Crippen LogP contribution in [0.4, 0.5) is 5.69 Å². The molecule has 0 saturated carbocycles. The smallest absolute Gasteiger partial charge is 0.326 e. The molecule has 3 aromatic rings. The number of fused-ring (bicyclic) bond motifs is 1. The Bertz CT molecular complexity index is 1340. The second-order valence-electron chi connectivity index (χ2n) is 9.89.